The standard InChI is InChI=1S/C13H21N3O4S2/c1-9-8-14(2)6-5-10(9)15(3)13-11(16(17)18)7-12(21-13)22(4,19)20/h7,9-10H,5-6,8H2,1-4H3/t9-,10-/m1/s1. The summed E-state index contributed by atoms with van der Waals surface area (Å²) in [7, 11) is 0.429. The quantitative estimate of drug-likeness (QED) is 0.610. The Kier molecular flexibility index (Phi) is 4.78. The van der Waals surface area contributed by atoms with Gasteiger partial charge in [-0.05, 0) is 25.9 Å². The molecule has 9 heteroatoms. The van der Waals surface area contributed by atoms with Crippen LogP contribution in [-0.2, 0) is 9.84 Å². The predicted octanol–water partition coefficient (Wildman–Crippen LogP) is 1.84. The van der Waals surface area contributed by atoms with Crippen molar-refractivity contribution in [3.8, 4) is 0 Å². The van der Waals surface area contributed by atoms with E-state index in [4.69, 9.17) is 0 Å². The van der Waals surface area contributed by atoms with Crippen molar-refractivity contribution in [1.82, 2.24) is 4.90 Å². The molecular formula is C13H21N3O4S2. The van der Waals surface area contributed by atoms with E-state index >= 15 is 0 Å². The molecule has 22 heavy (non-hydrogen) atoms. The van der Waals surface area contributed by atoms with Crippen molar-refractivity contribution >= 4 is 31.9 Å². The summed E-state index contributed by atoms with van der Waals surface area (Å²) in [5.41, 5.74) is -0.126. The van der Waals surface area contributed by atoms with Crippen molar-refractivity contribution in [1.29, 1.82) is 0 Å². The highest BCUT2D eigenvalue weighted by Crippen LogP contribution is 2.41. The Hall–Kier alpha value is -1.19. The van der Waals surface area contributed by atoms with Crippen molar-refractivity contribution in [2.24, 2.45) is 5.92 Å². The van der Waals surface area contributed by atoms with Gasteiger partial charge in [0.2, 0.25) is 0 Å². The van der Waals surface area contributed by atoms with Crippen LogP contribution in [0.2, 0.25) is 0 Å². The number of likely N-dealkylation sites (tertiary alicyclic amines) is 1. The van der Waals surface area contributed by atoms with E-state index in [1.165, 1.54) is 6.07 Å². The number of hydrogen-bond donors (Lipinski definition) is 0. The van der Waals surface area contributed by atoms with E-state index in [0.717, 1.165) is 37.1 Å². The molecule has 1 aliphatic rings. The summed E-state index contributed by atoms with van der Waals surface area (Å²) in [5.74, 6) is 0.354. The summed E-state index contributed by atoms with van der Waals surface area (Å²) < 4.78 is 23.4. The Bertz CT molecular complexity index is 671. The maximum absolute atomic E-state index is 11.7. The van der Waals surface area contributed by atoms with Gasteiger partial charge in [0.15, 0.2) is 14.8 Å². The number of thiophene rings is 1. The summed E-state index contributed by atoms with van der Waals surface area (Å²) in [5, 5.41) is 11.7. The first-order valence-corrected chi connectivity index (χ1v) is 9.71. The van der Waals surface area contributed by atoms with E-state index < -0.39 is 14.8 Å². The molecule has 0 unspecified atom stereocenters. The predicted molar refractivity (Wildman–Crippen MR) is 87.6 cm³/mol. The smallest absolute Gasteiger partial charge is 0.305 e. The fourth-order valence-electron chi connectivity index (χ4n) is 2.98. The zero-order valence-electron chi connectivity index (χ0n) is 13.1. The molecule has 0 radical (unpaired) electrons. The molecule has 0 bridgehead atoms. The van der Waals surface area contributed by atoms with Crippen molar-refractivity contribution in [2.75, 3.05) is 38.3 Å². The van der Waals surface area contributed by atoms with Gasteiger partial charge in [0.05, 0.1) is 4.92 Å². The van der Waals surface area contributed by atoms with Crippen LogP contribution in [0.1, 0.15) is 13.3 Å². The molecule has 2 atom stereocenters. The fraction of sp³-hybridized carbons (Fsp3) is 0.692. The van der Waals surface area contributed by atoms with Crippen LogP contribution in [0.4, 0.5) is 10.7 Å². The lowest BCUT2D eigenvalue weighted by Crippen LogP contribution is -2.47. The summed E-state index contributed by atoms with van der Waals surface area (Å²) >= 11 is 0.982. The Morgan fingerprint density at radius 1 is 1.50 bits per heavy atom. The van der Waals surface area contributed by atoms with Gasteiger partial charge in [0, 0.05) is 32.0 Å². The second-order valence-corrected chi connectivity index (χ2v) is 9.26. The Labute approximate surface area is 134 Å². The van der Waals surface area contributed by atoms with Gasteiger partial charge in [-0.3, -0.25) is 10.1 Å². The topological polar surface area (TPSA) is 83.8 Å². The van der Waals surface area contributed by atoms with Crippen molar-refractivity contribution in [2.45, 2.75) is 23.6 Å². The molecule has 0 saturated carbocycles. The third kappa shape index (κ3) is 3.41. The molecular weight excluding hydrogens is 326 g/mol. The largest absolute Gasteiger partial charge is 0.357 e. The highest BCUT2D eigenvalue weighted by atomic mass is 32.2. The molecule has 1 aromatic heterocycles. The number of nitro groups is 1. The zero-order valence-corrected chi connectivity index (χ0v) is 14.8. The van der Waals surface area contributed by atoms with Crippen LogP contribution in [0.5, 0.6) is 0 Å². The Morgan fingerprint density at radius 2 is 2.14 bits per heavy atom. The first-order chi connectivity index (χ1) is 10.1. The lowest BCUT2D eigenvalue weighted by molar-refractivity contribution is -0.383. The molecule has 0 aromatic carbocycles. The van der Waals surface area contributed by atoms with Crippen LogP contribution in [0.3, 0.4) is 0 Å². The van der Waals surface area contributed by atoms with Crippen molar-refractivity contribution < 1.29 is 13.3 Å². The Balaban J connectivity index is 2.38. The monoisotopic (exact) mass is 347 g/mol. The second kappa shape index (κ2) is 6.13. The van der Waals surface area contributed by atoms with E-state index in [1.54, 1.807) is 0 Å². The molecule has 0 amide bonds. The minimum atomic E-state index is -3.45. The first kappa shape index (κ1) is 17.2. The van der Waals surface area contributed by atoms with E-state index in [-0.39, 0.29) is 15.9 Å². The lowest BCUT2D eigenvalue weighted by Gasteiger charge is -2.40. The SMILES string of the molecule is C[C@@H]1CN(C)CC[C@H]1N(C)c1sc(S(C)(=O)=O)cc1[N+](=O)[O-]. The normalized spacial score (nSPS) is 23.5. The maximum atomic E-state index is 11.7. The van der Waals surface area contributed by atoms with Crippen molar-refractivity contribution in [3.63, 3.8) is 0 Å². The highest BCUT2D eigenvalue weighted by molar-refractivity contribution is 7.92. The molecule has 0 spiro atoms. The third-order valence-corrected chi connectivity index (χ3v) is 7.13. The second-order valence-electron chi connectivity index (χ2n) is 5.99. The van der Waals surface area contributed by atoms with Gasteiger partial charge in [-0.2, -0.15) is 0 Å². The van der Waals surface area contributed by atoms with E-state index in [1.807, 2.05) is 11.9 Å². The number of sulfone groups is 1. The first-order valence-electron chi connectivity index (χ1n) is 7.01. The molecule has 0 N–H and O–H groups in total. The zero-order chi connectivity index (χ0) is 16.7. The van der Waals surface area contributed by atoms with Gasteiger partial charge < -0.3 is 9.80 Å². The Morgan fingerprint density at radius 3 is 2.64 bits per heavy atom. The summed E-state index contributed by atoms with van der Waals surface area (Å²) in [4.78, 5) is 14.9. The molecule has 1 fully saturated rings. The minimum Gasteiger partial charge on any atom is -0.357 e. The van der Waals surface area contributed by atoms with Gasteiger partial charge >= 0.3 is 5.69 Å². The summed E-state index contributed by atoms with van der Waals surface area (Å²) in [6.07, 6.45) is 1.97. The van der Waals surface area contributed by atoms with Gasteiger partial charge in [0.25, 0.3) is 0 Å². The number of anilines is 1. The van der Waals surface area contributed by atoms with Crippen LogP contribution in [-0.4, -0.2) is 57.7 Å². The highest BCUT2D eigenvalue weighted by Gasteiger charge is 2.33. The number of nitrogens with zero attached hydrogens (tertiary/aromatic N) is 3. The van der Waals surface area contributed by atoms with Crippen LogP contribution in [0.25, 0.3) is 0 Å². The van der Waals surface area contributed by atoms with Crippen LogP contribution >= 0.6 is 11.3 Å². The van der Waals surface area contributed by atoms with Crippen LogP contribution in [0.15, 0.2) is 10.3 Å². The van der Waals surface area contributed by atoms with E-state index in [2.05, 4.69) is 18.9 Å². The average molecular weight is 347 g/mol. The molecule has 2 rings (SSSR count). The van der Waals surface area contributed by atoms with Crippen LogP contribution in [0, 0.1) is 16.0 Å². The molecule has 7 nitrogen and oxygen atoms in total. The van der Waals surface area contributed by atoms with Gasteiger partial charge in [-0.1, -0.05) is 18.3 Å². The maximum Gasteiger partial charge on any atom is 0.305 e. The number of hydrogen-bond acceptors (Lipinski definition) is 7. The molecule has 124 valence electrons. The molecule has 1 aromatic rings. The van der Waals surface area contributed by atoms with Crippen LogP contribution < -0.4 is 4.90 Å². The molecule has 0 aliphatic carbocycles. The lowest BCUT2D eigenvalue weighted by atomic mass is 9.93. The summed E-state index contributed by atoms with van der Waals surface area (Å²) in [6, 6.07) is 1.34. The van der Waals surface area contributed by atoms with Gasteiger partial charge in [-0.25, -0.2) is 8.42 Å². The number of piperidine rings is 1. The third-order valence-electron chi connectivity index (χ3n) is 4.11. The number of rotatable bonds is 4. The molecule has 1 saturated heterocycles. The van der Waals surface area contributed by atoms with E-state index in [9.17, 15) is 18.5 Å². The minimum absolute atomic E-state index is 0.0432. The van der Waals surface area contributed by atoms with Crippen molar-refractivity contribution in [3.05, 3.63) is 16.2 Å². The van der Waals surface area contributed by atoms with E-state index in [0.29, 0.717) is 10.9 Å². The molecule has 1 aliphatic heterocycles. The molecule has 2 heterocycles. The van der Waals surface area contributed by atoms with Gasteiger partial charge in [-0.15, -0.1) is 0 Å². The summed E-state index contributed by atoms with van der Waals surface area (Å²) in [6.45, 7) is 3.97. The fourth-order valence-corrected chi connectivity index (χ4v) is 5.03. The average Bonchev–Trinajstić information content (AvgIpc) is 2.82. The van der Waals surface area contributed by atoms with Gasteiger partial charge in [0.1, 0.15) is 4.21 Å².